The topological polar surface area (TPSA) is 49.5 Å². The summed E-state index contributed by atoms with van der Waals surface area (Å²) in [5.41, 5.74) is 5.88. The average molecular weight is 156 g/mol. The van der Waals surface area contributed by atoms with Gasteiger partial charge in [-0.15, -0.1) is 0 Å². The van der Waals surface area contributed by atoms with Crippen molar-refractivity contribution in [3.63, 3.8) is 0 Å². The standard InChI is InChI=1S/C8H16N2O/c9-7-4-10-3-1-2-8(10)6(7)5-11/h6-8,11H,1-5,9H2. The fourth-order valence-electron chi connectivity index (χ4n) is 2.51. The van der Waals surface area contributed by atoms with E-state index in [2.05, 4.69) is 4.90 Å². The molecule has 64 valence electrons. The second-order valence-electron chi connectivity index (χ2n) is 3.71. The summed E-state index contributed by atoms with van der Waals surface area (Å²) >= 11 is 0. The lowest BCUT2D eigenvalue weighted by Gasteiger charge is -2.18. The maximum Gasteiger partial charge on any atom is 0.0489 e. The summed E-state index contributed by atoms with van der Waals surface area (Å²) < 4.78 is 0. The minimum Gasteiger partial charge on any atom is -0.396 e. The van der Waals surface area contributed by atoms with Crippen LogP contribution in [0, 0.1) is 5.92 Å². The molecule has 2 rings (SSSR count). The van der Waals surface area contributed by atoms with Gasteiger partial charge in [-0.05, 0) is 19.4 Å². The van der Waals surface area contributed by atoms with E-state index < -0.39 is 0 Å². The van der Waals surface area contributed by atoms with Crippen molar-refractivity contribution < 1.29 is 5.11 Å². The van der Waals surface area contributed by atoms with Crippen LogP contribution in [0.25, 0.3) is 0 Å². The number of hydrogen-bond acceptors (Lipinski definition) is 3. The zero-order valence-electron chi connectivity index (χ0n) is 6.74. The van der Waals surface area contributed by atoms with Crippen LogP contribution in [0.5, 0.6) is 0 Å². The first-order chi connectivity index (χ1) is 5.33. The van der Waals surface area contributed by atoms with Crippen molar-refractivity contribution in [1.82, 2.24) is 4.90 Å². The SMILES string of the molecule is NC1CN2CCCC2C1CO. The minimum atomic E-state index is 0.213. The van der Waals surface area contributed by atoms with Gasteiger partial charge in [0, 0.05) is 31.2 Å². The number of fused-ring (bicyclic) bond motifs is 1. The molecular weight excluding hydrogens is 140 g/mol. The van der Waals surface area contributed by atoms with Crippen LogP contribution < -0.4 is 5.73 Å². The molecule has 2 aliphatic rings. The molecule has 2 saturated heterocycles. The number of nitrogens with zero attached hydrogens (tertiary/aromatic N) is 1. The molecule has 0 bridgehead atoms. The van der Waals surface area contributed by atoms with Crippen LogP contribution >= 0.6 is 0 Å². The molecule has 3 unspecified atom stereocenters. The molecule has 0 spiro atoms. The molecule has 0 saturated carbocycles. The van der Waals surface area contributed by atoms with E-state index in [1.165, 1.54) is 19.4 Å². The molecule has 0 aromatic rings. The van der Waals surface area contributed by atoms with Crippen LogP contribution in [0.15, 0.2) is 0 Å². The smallest absolute Gasteiger partial charge is 0.0489 e. The summed E-state index contributed by atoms with van der Waals surface area (Å²) in [5.74, 6) is 0.345. The monoisotopic (exact) mass is 156 g/mol. The highest BCUT2D eigenvalue weighted by Gasteiger charge is 2.41. The first kappa shape index (κ1) is 7.53. The summed E-state index contributed by atoms with van der Waals surface area (Å²) in [6.45, 7) is 2.45. The highest BCUT2D eigenvalue weighted by atomic mass is 16.3. The number of nitrogens with two attached hydrogens (primary N) is 1. The van der Waals surface area contributed by atoms with Gasteiger partial charge in [-0.1, -0.05) is 0 Å². The summed E-state index contributed by atoms with van der Waals surface area (Å²) in [6.07, 6.45) is 2.52. The molecule has 11 heavy (non-hydrogen) atoms. The van der Waals surface area contributed by atoms with Gasteiger partial charge in [-0.3, -0.25) is 4.90 Å². The number of aliphatic hydroxyl groups is 1. The quantitative estimate of drug-likeness (QED) is 0.533. The third kappa shape index (κ3) is 1.08. The van der Waals surface area contributed by atoms with E-state index in [0.29, 0.717) is 12.0 Å². The minimum absolute atomic E-state index is 0.213. The lowest BCUT2D eigenvalue weighted by atomic mass is 9.96. The molecule has 0 radical (unpaired) electrons. The van der Waals surface area contributed by atoms with Gasteiger partial charge < -0.3 is 10.8 Å². The number of rotatable bonds is 1. The predicted octanol–water partition coefficient (Wildman–Crippen LogP) is -0.600. The van der Waals surface area contributed by atoms with E-state index in [9.17, 15) is 0 Å². The molecule has 3 nitrogen and oxygen atoms in total. The molecule has 3 heteroatoms. The fourth-order valence-corrected chi connectivity index (χ4v) is 2.51. The third-order valence-electron chi connectivity index (χ3n) is 3.11. The summed E-state index contributed by atoms with van der Waals surface area (Å²) in [7, 11) is 0. The van der Waals surface area contributed by atoms with Gasteiger partial charge in [0.2, 0.25) is 0 Å². The van der Waals surface area contributed by atoms with Gasteiger partial charge in [0.1, 0.15) is 0 Å². The van der Waals surface area contributed by atoms with Crippen molar-refractivity contribution in [2.24, 2.45) is 11.7 Å². The maximum atomic E-state index is 9.08. The predicted molar refractivity (Wildman–Crippen MR) is 43.1 cm³/mol. The molecular formula is C8H16N2O. The van der Waals surface area contributed by atoms with Crippen molar-refractivity contribution >= 4 is 0 Å². The lowest BCUT2D eigenvalue weighted by Crippen LogP contribution is -2.33. The molecule has 0 amide bonds. The Kier molecular flexibility index (Phi) is 1.87. The summed E-state index contributed by atoms with van der Waals surface area (Å²) in [4.78, 5) is 2.42. The average Bonchev–Trinajstić information content (AvgIpc) is 2.46. The Balaban J connectivity index is 2.07. The van der Waals surface area contributed by atoms with E-state index in [0.717, 1.165) is 6.54 Å². The first-order valence-electron chi connectivity index (χ1n) is 4.43. The Labute approximate surface area is 67.2 Å². The zero-order chi connectivity index (χ0) is 7.84. The molecule has 2 fully saturated rings. The summed E-state index contributed by atoms with van der Waals surface area (Å²) in [5, 5.41) is 9.08. The Morgan fingerprint density at radius 3 is 3.09 bits per heavy atom. The van der Waals surface area contributed by atoms with E-state index in [4.69, 9.17) is 10.8 Å². The van der Waals surface area contributed by atoms with Crippen molar-refractivity contribution in [2.75, 3.05) is 19.7 Å². The summed E-state index contributed by atoms with van der Waals surface area (Å²) in [6, 6.07) is 0.806. The normalized spacial score (nSPS) is 44.7. The van der Waals surface area contributed by atoms with Crippen molar-refractivity contribution in [3.05, 3.63) is 0 Å². The molecule has 2 heterocycles. The molecule has 2 aliphatic heterocycles. The Morgan fingerprint density at radius 1 is 1.55 bits per heavy atom. The fraction of sp³-hybridized carbons (Fsp3) is 1.00. The van der Waals surface area contributed by atoms with E-state index in [1.54, 1.807) is 0 Å². The van der Waals surface area contributed by atoms with E-state index >= 15 is 0 Å². The van der Waals surface area contributed by atoms with E-state index in [-0.39, 0.29) is 12.6 Å². The largest absolute Gasteiger partial charge is 0.396 e. The van der Waals surface area contributed by atoms with Gasteiger partial charge in [0.25, 0.3) is 0 Å². The van der Waals surface area contributed by atoms with E-state index in [1.807, 2.05) is 0 Å². The highest BCUT2D eigenvalue weighted by molar-refractivity contribution is 4.97. The molecule has 3 atom stereocenters. The van der Waals surface area contributed by atoms with Gasteiger partial charge in [-0.25, -0.2) is 0 Å². The third-order valence-corrected chi connectivity index (χ3v) is 3.11. The molecule has 0 aliphatic carbocycles. The number of aliphatic hydroxyl groups excluding tert-OH is 1. The molecule has 0 aromatic heterocycles. The Hall–Kier alpha value is -0.120. The lowest BCUT2D eigenvalue weighted by molar-refractivity contribution is 0.185. The van der Waals surface area contributed by atoms with Crippen molar-refractivity contribution in [3.8, 4) is 0 Å². The maximum absolute atomic E-state index is 9.08. The second-order valence-corrected chi connectivity index (χ2v) is 3.71. The van der Waals surface area contributed by atoms with Crippen molar-refractivity contribution in [1.29, 1.82) is 0 Å². The molecule has 0 aromatic carbocycles. The molecule has 3 N–H and O–H groups in total. The number of hydrogen-bond donors (Lipinski definition) is 2. The van der Waals surface area contributed by atoms with Crippen molar-refractivity contribution in [2.45, 2.75) is 24.9 Å². The zero-order valence-corrected chi connectivity index (χ0v) is 6.74. The van der Waals surface area contributed by atoms with Crippen LogP contribution in [-0.4, -0.2) is 41.8 Å². The Bertz CT molecular complexity index is 151. The first-order valence-corrected chi connectivity index (χ1v) is 4.43. The highest BCUT2D eigenvalue weighted by Crippen LogP contribution is 2.31. The second kappa shape index (κ2) is 2.73. The van der Waals surface area contributed by atoms with Crippen LogP contribution in [0.1, 0.15) is 12.8 Å². The van der Waals surface area contributed by atoms with Crippen LogP contribution in [0.3, 0.4) is 0 Å². The van der Waals surface area contributed by atoms with Gasteiger partial charge in [0.15, 0.2) is 0 Å². The van der Waals surface area contributed by atoms with Crippen LogP contribution in [0.4, 0.5) is 0 Å². The van der Waals surface area contributed by atoms with Crippen LogP contribution in [-0.2, 0) is 0 Å². The van der Waals surface area contributed by atoms with Gasteiger partial charge >= 0.3 is 0 Å². The van der Waals surface area contributed by atoms with Gasteiger partial charge in [0.05, 0.1) is 0 Å². The van der Waals surface area contributed by atoms with Crippen LogP contribution in [0.2, 0.25) is 0 Å². The van der Waals surface area contributed by atoms with Gasteiger partial charge in [-0.2, -0.15) is 0 Å². The Morgan fingerprint density at radius 2 is 2.36 bits per heavy atom.